The van der Waals surface area contributed by atoms with Crippen molar-refractivity contribution in [2.24, 2.45) is 5.92 Å². The highest BCUT2D eigenvalue weighted by Crippen LogP contribution is 2.23. The molecule has 0 spiro atoms. The second-order valence-corrected chi connectivity index (χ2v) is 10.4. The maximum Gasteiger partial charge on any atom is 0.251 e. The molecule has 0 saturated heterocycles. The van der Waals surface area contributed by atoms with Crippen LogP contribution in [-0.4, -0.2) is 20.9 Å². The summed E-state index contributed by atoms with van der Waals surface area (Å²) in [6.45, 7) is 0.821. The van der Waals surface area contributed by atoms with Crippen molar-refractivity contribution in [1.29, 1.82) is 0 Å². The molecule has 1 aliphatic carbocycles. The summed E-state index contributed by atoms with van der Waals surface area (Å²) < 4.78 is 28.2. The minimum absolute atomic E-state index is 0.109. The number of sulfonamides is 1. The van der Waals surface area contributed by atoms with Crippen LogP contribution in [0.3, 0.4) is 0 Å². The van der Waals surface area contributed by atoms with Gasteiger partial charge < -0.3 is 5.32 Å². The molecular formula is C27H30N2O3S. The largest absolute Gasteiger partial charge is 0.352 e. The molecule has 33 heavy (non-hydrogen) atoms. The molecule has 0 aromatic heterocycles. The Bertz CT molecular complexity index is 1170. The zero-order chi connectivity index (χ0) is 23.1. The van der Waals surface area contributed by atoms with Crippen LogP contribution in [0, 0.1) is 5.92 Å². The van der Waals surface area contributed by atoms with Crippen LogP contribution in [0.15, 0.2) is 83.8 Å². The van der Waals surface area contributed by atoms with E-state index in [2.05, 4.69) is 10.0 Å². The van der Waals surface area contributed by atoms with E-state index in [0.717, 1.165) is 16.7 Å². The van der Waals surface area contributed by atoms with Gasteiger partial charge in [-0.15, -0.1) is 0 Å². The fraction of sp³-hybridized carbons (Fsp3) is 0.296. The second-order valence-electron chi connectivity index (χ2n) is 8.63. The molecule has 1 saturated carbocycles. The average molecular weight is 463 g/mol. The Hall–Kier alpha value is -2.96. The summed E-state index contributed by atoms with van der Waals surface area (Å²) in [5.74, 6) is 0.452. The Labute approximate surface area is 196 Å². The fourth-order valence-electron chi connectivity index (χ4n) is 4.27. The molecule has 1 fully saturated rings. The first-order chi connectivity index (χ1) is 16.0. The summed E-state index contributed by atoms with van der Waals surface area (Å²) >= 11 is 0. The van der Waals surface area contributed by atoms with Gasteiger partial charge in [-0.1, -0.05) is 73.9 Å². The van der Waals surface area contributed by atoms with Crippen molar-refractivity contribution in [3.05, 3.63) is 90.0 Å². The van der Waals surface area contributed by atoms with Gasteiger partial charge in [-0.25, -0.2) is 13.1 Å². The standard InChI is InChI=1S/C27H30N2O3S/c30-27(28-19-21-8-3-1-4-9-21)25-13-7-10-22(18-25)20-29-33(31,32)26-16-14-24(15-17-26)23-11-5-2-6-12-23/h2,5-7,10-18,21,29H,1,3-4,8-9,19-20H2,(H,28,30). The molecule has 0 aliphatic heterocycles. The van der Waals surface area contributed by atoms with Crippen LogP contribution in [0.2, 0.25) is 0 Å². The van der Waals surface area contributed by atoms with Gasteiger partial charge in [0.2, 0.25) is 10.0 Å². The third kappa shape index (κ3) is 6.30. The predicted molar refractivity (Wildman–Crippen MR) is 131 cm³/mol. The topological polar surface area (TPSA) is 75.3 Å². The SMILES string of the molecule is O=C(NCC1CCCCC1)c1cccc(CNS(=O)(=O)c2ccc(-c3ccccc3)cc2)c1. The van der Waals surface area contributed by atoms with E-state index in [1.807, 2.05) is 36.4 Å². The molecule has 0 bridgehead atoms. The van der Waals surface area contributed by atoms with E-state index in [1.165, 1.54) is 32.1 Å². The van der Waals surface area contributed by atoms with E-state index in [0.29, 0.717) is 18.0 Å². The molecule has 0 heterocycles. The Morgan fingerprint density at radius 3 is 2.24 bits per heavy atom. The summed E-state index contributed by atoms with van der Waals surface area (Å²) in [6, 6.07) is 23.8. The van der Waals surface area contributed by atoms with Crippen molar-refractivity contribution >= 4 is 15.9 Å². The predicted octanol–water partition coefficient (Wildman–Crippen LogP) is 5.14. The van der Waals surface area contributed by atoms with Crippen molar-refractivity contribution in [2.75, 3.05) is 6.54 Å². The molecule has 0 atom stereocenters. The first-order valence-corrected chi connectivity index (χ1v) is 13.0. The third-order valence-electron chi connectivity index (χ3n) is 6.20. The molecule has 5 nitrogen and oxygen atoms in total. The molecule has 6 heteroatoms. The van der Waals surface area contributed by atoms with E-state index < -0.39 is 10.0 Å². The number of nitrogens with one attached hydrogen (secondary N) is 2. The normalized spacial score (nSPS) is 14.7. The molecule has 3 aromatic carbocycles. The van der Waals surface area contributed by atoms with E-state index in [4.69, 9.17) is 0 Å². The van der Waals surface area contributed by atoms with E-state index in [-0.39, 0.29) is 17.3 Å². The molecule has 1 aliphatic rings. The lowest BCUT2D eigenvalue weighted by molar-refractivity contribution is 0.0943. The Kier molecular flexibility index (Phi) is 7.57. The van der Waals surface area contributed by atoms with Crippen molar-refractivity contribution < 1.29 is 13.2 Å². The van der Waals surface area contributed by atoms with Gasteiger partial charge >= 0.3 is 0 Å². The first-order valence-electron chi connectivity index (χ1n) is 11.5. The number of carbonyl (C=O) groups is 1. The van der Waals surface area contributed by atoms with Gasteiger partial charge in [-0.05, 0) is 59.7 Å². The maximum atomic E-state index is 12.8. The third-order valence-corrected chi connectivity index (χ3v) is 7.62. The highest BCUT2D eigenvalue weighted by Gasteiger charge is 2.16. The molecule has 2 N–H and O–H groups in total. The van der Waals surface area contributed by atoms with Crippen molar-refractivity contribution in [3.8, 4) is 11.1 Å². The first kappa shape index (κ1) is 23.2. The smallest absolute Gasteiger partial charge is 0.251 e. The average Bonchev–Trinajstić information content (AvgIpc) is 2.87. The number of benzene rings is 3. The van der Waals surface area contributed by atoms with Crippen LogP contribution >= 0.6 is 0 Å². The summed E-state index contributed by atoms with van der Waals surface area (Å²) in [7, 11) is -3.67. The molecule has 4 rings (SSSR count). The van der Waals surface area contributed by atoms with Crippen molar-refractivity contribution in [3.63, 3.8) is 0 Å². The van der Waals surface area contributed by atoms with Crippen LogP contribution in [0.4, 0.5) is 0 Å². The zero-order valence-corrected chi connectivity index (χ0v) is 19.5. The summed E-state index contributed by atoms with van der Waals surface area (Å²) in [5.41, 5.74) is 3.29. The number of rotatable bonds is 8. The van der Waals surface area contributed by atoms with Gasteiger partial charge in [0.1, 0.15) is 0 Å². The lowest BCUT2D eigenvalue weighted by Gasteiger charge is -2.21. The van der Waals surface area contributed by atoms with Crippen LogP contribution in [0.25, 0.3) is 11.1 Å². The van der Waals surface area contributed by atoms with Crippen LogP contribution in [-0.2, 0) is 16.6 Å². The Balaban J connectivity index is 1.35. The van der Waals surface area contributed by atoms with E-state index in [9.17, 15) is 13.2 Å². The summed E-state index contributed by atoms with van der Waals surface area (Å²) in [6.07, 6.45) is 6.12. The molecule has 0 radical (unpaired) electrons. The lowest BCUT2D eigenvalue weighted by atomic mass is 9.89. The Morgan fingerprint density at radius 2 is 1.52 bits per heavy atom. The number of carbonyl (C=O) groups excluding carboxylic acids is 1. The van der Waals surface area contributed by atoms with Gasteiger partial charge in [0.15, 0.2) is 0 Å². The second kappa shape index (κ2) is 10.8. The number of amides is 1. The van der Waals surface area contributed by atoms with Crippen molar-refractivity contribution in [2.45, 2.75) is 43.5 Å². The van der Waals surface area contributed by atoms with Crippen LogP contribution < -0.4 is 10.0 Å². The van der Waals surface area contributed by atoms with Crippen molar-refractivity contribution in [1.82, 2.24) is 10.0 Å². The molecule has 0 unspecified atom stereocenters. The molecule has 3 aromatic rings. The van der Waals surface area contributed by atoms with Gasteiger partial charge in [0.05, 0.1) is 4.90 Å². The van der Waals surface area contributed by atoms with Crippen LogP contribution in [0.1, 0.15) is 48.0 Å². The minimum Gasteiger partial charge on any atom is -0.352 e. The summed E-state index contributed by atoms with van der Waals surface area (Å²) in [5, 5.41) is 3.04. The molecule has 172 valence electrons. The van der Waals surface area contributed by atoms with Gasteiger partial charge in [-0.2, -0.15) is 0 Å². The lowest BCUT2D eigenvalue weighted by Crippen LogP contribution is -2.30. The van der Waals surface area contributed by atoms with E-state index in [1.54, 1.807) is 42.5 Å². The number of hydrogen-bond donors (Lipinski definition) is 2. The van der Waals surface area contributed by atoms with Gasteiger partial charge in [0, 0.05) is 18.7 Å². The van der Waals surface area contributed by atoms with Gasteiger partial charge in [0.25, 0.3) is 5.91 Å². The maximum absolute atomic E-state index is 12.8. The minimum atomic E-state index is -3.67. The molecule has 1 amide bonds. The zero-order valence-electron chi connectivity index (χ0n) is 18.7. The monoisotopic (exact) mass is 462 g/mol. The van der Waals surface area contributed by atoms with Crippen LogP contribution in [0.5, 0.6) is 0 Å². The van der Waals surface area contributed by atoms with Gasteiger partial charge in [-0.3, -0.25) is 4.79 Å². The molecular weight excluding hydrogens is 432 g/mol. The highest BCUT2D eigenvalue weighted by molar-refractivity contribution is 7.89. The summed E-state index contributed by atoms with van der Waals surface area (Å²) in [4.78, 5) is 12.8. The quantitative estimate of drug-likeness (QED) is 0.487. The Morgan fingerprint density at radius 1 is 0.818 bits per heavy atom. The van der Waals surface area contributed by atoms with E-state index >= 15 is 0 Å². The fourth-order valence-corrected chi connectivity index (χ4v) is 5.29. The highest BCUT2D eigenvalue weighted by atomic mass is 32.2. The number of hydrogen-bond acceptors (Lipinski definition) is 3.